The summed E-state index contributed by atoms with van der Waals surface area (Å²) in [6.07, 6.45) is 2.76. The maximum absolute atomic E-state index is 6.46. The number of hydrogen-bond acceptors (Lipinski definition) is 5. The molecular formula is C12H21N3OS. The van der Waals surface area contributed by atoms with Gasteiger partial charge in [0.15, 0.2) is 5.82 Å². The van der Waals surface area contributed by atoms with E-state index in [4.69, 9.17) is 10.3 Å². The van der Waals surface area contributed by atoms with E-state index in [1.165, 1.54) is 0 Å². The minimum atomic E-state index is -0.429. The van der Waals surface area contributed by atoms with Crippen molar-refractivity contribution in [1.29, 1.82) is 0 Å². The van der Waals surface area contributed by atoms with E-state index in [1.807, 2.05) is 11.8 Å². The third-order valence-electron chi connectivity index (χ3n) is 3.02. The minimum Gasteiger partial charge on any atom is -0.339 e. The Morgan fingerprint density at radius 2 is 2.18 bits per heavy atom. The standard InChI is InChI=1S/C12H21N3OS/c1-4-5-9-14-10(15-16-9)12(13)6-11(2,3)7-17-8-12/h4-8,13H2,1-3H3. The SMILES string of the molecule is CCCc1nc(C2(N)CSCC(C)(C)C2)no1. The van der Waals surface area contributed by atoms with Gasteiger partial charge in [-0.2, -0.15) is 16.7 Å². The van der Waals surface area contributed by atoms with Gasteiger partial charge in [-0.1, -0.05) is 25.9 Å². The maximum Gasteiger partial charge on any atom is 0.226 e. The highest BCUT2D eigenvalue weighted by molar-refractivity contribution is 7.99. The zero-order chi connectivity index (χ0) is 12.5. The molecule has 0 aromatic carbocycles. The van der Waals surface area contributed by atoms with Crippen LogP contribution in [0.4, 0.5) is 0 Å². The number of aryl methyl sites for hydroxylation is 1. The first-order valence-corrected chi connectivity index (χ1v) is 7.30. The number of thioether (sulfide) groups is 1. The van der Waals surface area contributed by atoms with Crippen molar-refractivity contribution in [2.24, 2.45) is 11.1 Å². The molecule has 4 nitrogen and oxygen atoms in total. The van der Waals surface area contributed by atoms with Gasteiger partial charge in [0.1, 0.15) is 0 Å². The third kappa shape index (κ3) is 2.83. The summed E-state index contributed by atoms with van der Waals surface area (Å²) in [7, 11) is 0. The molecule has 0 saturated carbocycles. The van der Waals surface area contributed by atoms with Crippen LogP contribution >= 0.6 is 11.8 Å². The van der Waals surface area contributed by atoms with Crippen LogP contribution in [-0.4, -0.2) is 21.6 Å². The van der Waals surface area contributed by atoms with Crippen molar-refractivity contribution in [3.05, 3.63) is 11.7 Å². The Morgan fingerprint density at radius 3 is 2.82 bits per heavy atom. The summed E-state index contributed by atoms with van der Waals surface area (Å²) in [6, 6.07) is 0. The molecule has 2 heterocycles. The molecule has 1 saturated heterocycles. The molecule has 2 rings (SSSR count). The Morgan fingerprint density at radius 1 is 1.41 bits per heavy atom. The maximum atomic E-state index is 6.46. The number of hydrogen-bond donors (Lipinski definition) is 1. The van der Waals surface area contributed by atoms with E-state index in [-0.39, 0.29) is 5.41 Å². The minimum absolute atomic E-state index is 0.239. The summed E-state index contributed by atoms with van der Waals surface area (Å²) in [6.45, 7) is 6.59. The van der Waals surface area contributed by atoms with Crippen LogP contribution in [0.3, 0.4) is 0 Å². The van der Waals surface area contributed by atoms with Crippen LogP contribution < -0.4 is 5.73 Å². The summed E-state index contributed by atoms with van der Waals surface area (Å²) < 4.78 is 5.24. The molecule has 0 aliphatic carbocycles. The topological polar surface area (TPSA) is 64.9 Å². The molecule has 1 atom stereocenters. The Balaban J connectivity index is 2.18. The summed E-state index contributed by atoms with van der Waals surface area (Å²) in [5.41, 5.74) is 6.27. The second-order valence-electron chi connectivity index (χ2n) is 5.75. The Hall–Kier alpha value is -0.550. The predicted octanol–water partition coefficient (Wildman–Crippen LogP) is 2.34. The van der Waals surface area contributed by atoms with Crippen LogP contribution in [0.5, 0.6) is 0 Å². The molecule has 1 aromatic rings. The molecule has 2 N–H and O–H groups in total. The highest BCUT2D eigenvalue weighted by atomic mass is 32.2. The van der Waals surface area contributed by atoms with E-state index in [0.717, 1.165) is 30.8 Å². The molecular weight excluding hydrogens is 234 g/mol. The van der Waals surface area contributed by atoms with Gasteiger partial charge in [0.05, 0.1) is 5.54 Å². The number of nitrogens with two attached hydrogens (primary N) is 1. The Labute approximate surface area is 107 Å². The zero-order valence-corrected chi connectivity index (χ0v) is 11.6. The van der Waals surface area contributed by atoms with Crippen LogP contribution in [0.15, 0.2) is 4.52 Å². The third-order valence-corrected chi connectivity index (χ3v) is 4.73. The van der Waals surface area contributed by atoms with Gasteiger partial charge in [-0.15, -0.1) is 0 Å². The van der Waals surface area contributed by atoms with Crippen molar-refractivity contribution in [3.63, 3.8) is 0 Å². The van der Waals surface area contributed by atoms with E-state index in [0.29, 0.717) is 11.7 Å². The normalized spacial score (nSPS) is 28.2. The van der Waals surface area contributed by atoms with Crippen LogP contribution in [0.1, 0.15) is 45.3 Å². The second-order valence-corrected chi connectivity index (χ2v) is 6.74. The van der Waals surface area contributed by atoms with Crippen LogP contribution in [-0.2, 0) is 12.0 Å². The van der Waals surface area contributed by atoms with Gasteiger partial charge >= 0.3 is 0 Å². The number of nitrogens with zero attached hydrogens (tertiary/aromatic N) is 2. The lowest BCUT2D eigenvalue weighted by atomic mass is 9.80. The van der Waals surface area contributed by atoms with Gasteiger partial charge in [-0.05, 0) is 24.0 Å². The van der Waals surface area contributed by atoms with Gasteiger partial charge < -0.3 is 10.3 Å². The molecule has 5 heteroatoms. The van der Waals surface area contributed by atoms with Gasteiger partial charge in [-0.25, -0.2) is 0 Å². The van der Waals surface area contributed by atoms with Gasteiger partial charge in [0, 0.05) is 12.2 Å². The summed E-state index contributed by atoms with van der Waals surface area (Å²) >= 11 is 1.88. The van der Waals surface area contributed by atoms with E-state index in [1.54, 1.807) is 0 Å². The predicted molar refractivity (Wildman–Crippen MR) is 69.9 cm³/mol. The fourth-order valence-electron chi connectivity index (χ4n) is 2.38. The molecule has 0 amide bonds. The zero-order valence-electron chi connectivity index (χ0n) is 10.8. The molecule has 96 valence electrons. The van der Waals surface area contributed by atoms with Crippen molar-refractivity contribution in [2.75, 3.05) is 11.5 Å². The summed E-state index contributed by atoms with van der Waals surface area (Å²) in [5, 5.41) is 4.07. The van der Waals surface area contributed by atoms with E-state index in [9.17, 15) is 0 Å². The largest absolute Gasteiger partial charge is 0.339 e. The summed E-state index contributed by atoms with van der Waals surface area (Å²) in [4.78, 5) is 4.44. The molecule has 0 bridgehead atoms. The van der Waals surface area contributed by atoms with Crippen molar-refractivity contribution in [1.82, 2.24) is 10.1 Å². The van der Waals surface area contributed by atoms with Crippen molar-refractivity contribution in [3.8, 4) is 0 Å². The van der Waals surface area contributed by atoms with Crippen molar-refractivity contribution < 1.29 is 4.52 Å². The van der Waals surface area contributed by atoms with E-state index < -0.39 is 5.54 Å². The fourth-order valence-corrected chi connectivity index (χ4v) is 3.73. The average molecular weight is 255 g/mol. The molecule has 17 heavy (non-hydrogen) atoms. The lowest BCUT2D eigenvalue weighted by molar-refractivity contribution is 0.254. The van der Waals surface area contributed by atoms with Crippen LogP contribution in [0.25, 0.3) is 0 Å². The van der Waals surface area contributed by atoms with Gasteiger partial charge in [0.2, 0.25) is 5.89 Å². The van der Waals surface area contributed by atoms with Crippen LogP contribution in [0, 0.1) is 5.41 Å². The monoisotopic (exact) mass is 255 g/mol. The highest BCUT2D eigenvalue weighted by Gasteiger charge is 2.42. The molecule has 0 spiro atoms. The molecule has 1 aliphatic rings. The highest BCUT2D eigenvalue weighted by Crippen LogP contribution is 2.41. The Kier molecular flexibility index (Phi) is 3.50. The Bertz CT molecular complexity index is 391. The lowest BCUT2D eigenvalue weighted by Gasteiger charge is -2.40. The van der Waals surface area contributed by atoms with Crippen LogP contribution in [0.2, 0.25) is 0 Å². The van der Waals surface area contributed by atoms with Crippen molar-refractivity contribution in [2.45, 2.75) is 45.6 Å². The molecule has 1 aromatic heterocycles. The van der Waals surface area contributed by atoms with Gasteiger partial charge in [0.25, 0.3) is 0 Å². The first kappa shape index (κ1) is 12.9. The first-order valence-electron chi connectivity index (χ1n) is 6.15. The fraction of sp³-hybridized carbons (Fsp3) is 0.833. The summed E-state index contributed by atoms with van der Waals surface area (Å²) in [5.74, 6) is 3.41. The van der Waals surface area contributed by atoms with E-state index >= 15 is 0 Å². The quantitative estimate of drug-likeness (QED) is 0.898. The second kappa shape index (κ2) is 4.61. The number of aromatic nitrogens is 2. The smallest absolute Gasteiger partial charge is 0.226 e. The van der Waals surface area contributed by atoms with E-state index in [2.05, 4.69) is 30.9 Å². The first-order chi connectivity index (χ1) is 7.95. The lowest BCUT2D eigenvalue weighted by Crippen LogP contribution is -2.48. The van der Waals surface area contributed by atoms with Gasteiger partial charge in [-0.3, -0.25) is 0 Å². The van der Waals surface area contributed by atoms with Crippen molar-refractivity contribution >= 4 is 11.8 Å². The average Bonchev–Trinajstić information content (AvgIpc) is 2.65. The molecule has 1 fully saturated rings. The molecule has 0 radical (unpaired) electrons. The molecule has 1 unspecified atom stereocenters. The number of rotatable bonds is 3. The molecule has 1 aliphatic heterocycles.